The molecule has 1 rings (SSSR count). The zero-order chi connectivity index (χ0) is 13.1. The number of hydrogen-bond donors (Lipinski definition) is 0. The summed E-state index contributed by atoms with van der Waals surface area (Å²) in [4.78, 5) is 22.9. The fourth-order valence-corrected chi connectivity index (χ4v) is 2.57. The van der Waals surface area contributed by atoms with Crippen molar-refractivity contribution in [2.45, 2.75) is 52.9 Å². The highest BCUT2D eigenvalue weighted by Gasteiger charge is 2.34. The van der Waals surface area contributed by atoms with Crippen molar-refractivity contribution in [2.24, 2.45) is 17.3 Å². The Labute approximate surface area is 104 Å². The van der Waals surface area contributed by atoms with Crippen LogP contribution < -0.4 is 0 Å². The molecule has 1 saturated carbocycles. The summed E-state index contributed by atoms with van der Waals surface area (Å²) in [5.74, 6) is 0.764. The number of Topliss-reactive ketones (excluding diaryl/α,β-unsaturated/α-hetero) is 1. The Balaban J connectivity index is 2.52. The number of carbonyl (C=O) groups excluding carboxylic acids is 2. The lowest BCUT2D eigenvalue weighted by Crippen LogP contribution is -2.32. The van der Waals surface area contributed by atoms with Crippen LogP contribution in [-0.4, -0.2) is 18.9 Å². The van der Waals surface area contributed by atoms with Gasteiger partial charge in [0.1, 0.15) is 5.78 Å². The molecule has 1 aliphatic carbocycles. The number of ketones is 1. The van der Waals surface area contributed by atoms with Gasteiger partial charge >= 0.3 is 5.97 Å². The average Bonchev–Trinajstić information content (AvgIpc) is 2.26. The van der Waals surface area contributed by atoms with Crippen molar-refractivity contribution in [3.05, 3.63) is 0 Å². The van der Waals surface area contributed by atoms with Gasteiger partial charge in [0, 0.05) is 18.8 Å². The van der Waals surface area contributed by atoms with E-state index in [1.807, 2.05) is 0 Å². The maximum atomic E-state index is 11.8. The summed E-state index contributed by atoms with van der Waals surface area (Å²) in [5.41, 5.74) is 0.254. The minimum atomic E-state index is -0.212. The van der Waals surface area contributed by atoms with E-state index in [9.17, 15) is 9.59 Å². The van der Waals surface area contributed by atoms with E-state index in [0.717, 1.165) is 12.8 Å². The van der Waals surface area contributed by atoms with Crippen molar-refractivity contribution in [3.63, 3.8) is 0 Å². The van der Waals surface area contributed by atoms with Gasteiger partial charge in [0.25, 0.3) is 0 Å². The van der Waals surface area contributed by atoms with Gasteiger partial charge in [0.15, 0.2) is 0 Å². The number of rotatable bonds is 3. The highest BCUT2D eigenvalue weighted by molar-refractivity contribution is 5.82. The number of esters is 1. The summed E-state index contributed by atoms with van der Waals surface area (Å²) >= 11 is 0. The molecular formula is C14H24O3. The van der Waals surface area contributed by atoms with Crippen LogP contribution in [0, 0.1) is 17.3 Å². The summed E-state index contributed by atoms with van der Waals surface area (Å²) in [7, 11) is 1.39. The van der Waals surface area contributed by atoms with E-state index < -0.39 is 0 Å². The standard InChI is InChI=1S/C14H24O3/c1-14(2,3)11-6-7-12(15)10(9-11)5-8-13(16)17-4/h10-11H,5-9H2,1-4H3. The number of ether oxygens (including phenoxy) is 1. The van der Waals surface area contributed by atoms with Crippen LogP contribution in [0.3, 0.4) is 0 Å². The summed E-state index contributed by atoms with van der Waals surface area (Å²) in [6, 6.07) is 0. The maximum Gasteiger partial charge on any atom is 0.305 e. The summed E-state index contributed by atoms with van der Waals surface area (Å²) in [6.45, 7) is 6.68. The highest BCUT2D eigenvalue weighted by Crippen LogP contribution is 2.40. The van der Waals surface area contributed by atoms with Gasteiger partial charge in [-0.1, -0.05) is 20.8 Å². The van der Waals surface area contributed by atoms with Crippen molar-refractivity contribution in [1.29, 1.82) is 0 Å². The third kappa shape index (κ3) is 4.14. The topological polar surface area (TPSA) is 43.4 Å². The van der Waals surface area contributed by atoms with E-state index in [0.29, 0.717) is 31.0 Å². The van der Waals surface area contributed by atoms with E-state index in [2.05, 4.69) is 25.5 Å². The third-order valence-corrected chi connectivity index (χ3v) is 3.91. The van der Waals surface area contributed by atoms with E-state index >= 15 is 0 Å². The normalized spacial score (nSPS) is 25.8. The highest BCUT2D eigenvalue weighted by atomic mass is 16.5. The zero-order valence-corrected chi connectivity index (χ0v) is 11.4. The fraction of sp³-hybridized carbons (Fsp3) is 0.857. The molecule has 2 unspecified atom stereocenters. The van der Waals surface area contributed by atoms with Crippen LogP contribution >= 0.6 is 0 Å². The van der Waals surface area contributed by atoms with Gasteiger partial charge in [-0.3, -0.25) is 9.59 Å². The Hall–Kier alpha value is -0.860. The van der Waals surface area contributed by atoms with Crippen LogP contribution in [0.4, 0.5) is 0 Å². The Kier molecular flexibility index (Phi) is 4.72. The smallest absolute Gasteiger partial charge is 0.305 e. The molecule has 0 bridgehead atoms. The van der Waals surface area contributed by atoms with Gasteiger partial charge < -0.3 is 4.74 Å². The molecule has 0 spiro atoms. The van der Waals surface area contributed by atoms with Gasteiger partial charge in [0.05, 0.1) is 7.11 Å². The van der Waals surface area contributed by atoms with Crippen LogP contribution in [0.1, 0.15) is 52.9 Å². The molecule has 0 aromatic rings. The van der Waals surface area contributed by atoms with Gasteiger partial charge in [0.2, 0.25) is 0 Å². The first kappa shape index (κ1) is 14.2. The predicted molar refractivity (Wildman–Crippen MR) is 66.5 cm³/mol. The molecule has 1 fully saturated rings. The molecule has 98 valence electrons. The van der Waals surface area contributed by atoms with E-state index in [-0.39, 0.29) is 17.3 Å². The van der Waals surface area contributed by atoms with Crippen molar-refractivity contribution < 1.29 is 14.3 Å². The molecule has 2 atom stereocenters. The molecule has 17 heavy (non-hydrogen) atoms. The zero-order valence-electron chi connectivity index (χ0n) is 11.4. The Bertz CT molecular complexity index is 288. The van der Waals surface area contributed by atoms with Crippen LogP contribution in [-0.2, 0) is 14.3 Å². The van der Waals surface area contributed by atoms with E-state index in [4.69, 9.17) is 0 Å². The average molecular weight is 240 g/mol. The molecular weight excluding hydrogens is 216 g/mol. The monoisotopic (exact) mass is 240 g/mol. The van der Waals surface area contributed by atoms with Gasteiger partial charge in [-0.05, 0) is 30.6 Å². The molecule has 0 aromatic carbocycles. The lowest BCUT2D eigenvalue weighted by atomic mass is 9.68. The summed E-state index contributed by atoms with van der Waals surface area (Å²) in [6.07, 6.45) is 3.62. The second-order valence-electron chi connectivity index (χ2n) is 6.12. The number of methoxy groups -OCH3 is 1. The summed E-state index contributed by atoms with van der Waals surface area (Å²) < 4.78 is 4.62. The number of hydrogen-bond acceptors (Lipinski definition) is 3. The van der Waals surface area contributed by atoms with E-state index in [1.54, 1.807) is 0 Å². The number of carbonyl (C=O) groups is 2. The van der Waals surface area contributed by atoms with Crippen LogP contribution in [0.5, 0.6) is 0 Å². The first-order valence-corrected chi connectivity index (χ1v) is 6.44. The van der Waals surface area contributed by atoms with Crippen molar-refractivity contribution in [3.8, 4) is 0 Å². The summed E-state index contributed by atoms with van der Waals surface area (Å²) in [5, 5.41) is 0. The van der Waals surface area contributed by atoms with Crippen molar-refractivity contribution in [1.82, 2.24) is 0 Å². The Morgan fingerprint density at radius 3 is 2.59 bits per heavy atom. The molecule has 0 radical (unpaired) electrons. The molecule has 1 aliphatic rings. The molecule has 3 heteroatoms. The third-order valence-electron chi connectivity index (χ3n) is 3.91. The van der Waals surface area contributed by atoms with Crippen molar-refractivity contribution in [2.75, 3.05) is 7.11 Å². The van der Waals surface area contributed by atoms with E-state index in [1.165, 1.54) is 7.11 Å². The first-order chi connectivity index (χ1) is 7.84. The molecule has 3 nitrogen and oxygen atoms in total. The minimum absolute atomic E-state index is 0.0621. The van der Waals surface area contributed by atoms with Crippen LogP contribution in [0.25, 0.3) is 0 Å². The molecule has 0 aromatic heterocycles. The Morgan fingerprint density at radius 2 is 2.06 bits per heavy atom. The molecule has 0 aliphatic heterocycles. The first-order valence-electron chi connectivity index (χ1n) is 6.44. The second-order valence-corrected chi connectivity index (χ2v) is 6.12. The molecule has 0 heterocycles. The van der Waals surface area contributed by atoms with Crippen LogP contribution in [0.2, 0.25) is 0 Å². The van der Waals surface area contributed by atoms with Gasteiger partial charge in [-0.15, -0.1) is 0 Å². The largest absolute Gasteiger partial charge is 0.469 e. The minimum Gasteiger partial charge on any atom is -0.469 e. The van der Waals surface area contributed by atoms with Crippen LogP contribution in [0.15, 0.2) is 0 Å². The Morgan fingerprint density at radius 1 is 1.41 bits per heavy atom. The van der Waals surface area contributed by atoms with Crippen molar-refractivity contribution >= 4 is 11.8 Å². The lowest BCUT2D eigenvalue weighted by molar-refractivity contribution is -0.141. The predicted octanol–water partition coefficient (Wildman–Crippen LogP) is 2.97. The SMILES string of the molecule is COC(=O)CCC1CC(C(C)(C)C)CCC1=O. The quantitative estimate of drug-likeness (QED) is 0.712. The van der Waals surface area contributed by atoms with Gasteiger partial charge in [-0.2, -0.15) is 0 Å². The molecule has 0 saturated heterocycles. The second kappa shape index (κ2) is 5.65. The molecule has 0 amide bonds. The maximum absolute atomic E-state index is 11.8. The fourth-order valence-electron chi connectivity index (χ4n) is 2.57. The molecule has 0 N–H and O–H groups in total. The lowest BCUT2D eigenvalue weighted by Gasteiger charge is -2.36. The van der Waals surface area contributed by atoms with Gasteiger partial charge in [-0.25, -0.2) is 0 Å².